The molecule has 1 aliphatic heterocycles. The van der Waals surface area contributed by atoms with Crippen LogP contribution in [0.4, 0.5) is 5.69 Å². The van der Waals surface area contributed by atoms with Gasteiger partial charge in [0.2, 0.25) is 5.91 Å². The molecule has 0 spiro atoms. The van der Waals surface area contributed by atoms with Crippen molar-refractivity contribution in [1.82, 2.24) is 5.32 Å². The number of rotatable bonds is 4. The highest BCUT2D eigenvalue weighted by Crippen LogP contribution is 2.23. The lowest BCUT2D eigenvalue weighted by molar-refractivity contribution is -0.116. The maximum absolute atomic E-state index is 11.9. The summed E-state index contributed by atoms with van der Waals surface area (Å²) in [7, 11) is 0. The van der Waals surface area contributed by atoms with Gasteiger partial charge in [-0.25, -0.2) is 0 Å². The zero-order chi connectivity index (χ0) is 13.8. The molecule has 0 aromatic heterocycles. The van der Waals surface area contributed by atoms with Gasteiger partial charge in [0.05, 0.1) is 0 Å². The number of nitrogens with one attached hydrogen (secondary N) is 2. The Bertz CT molecular complexity index is 497. The van der Waals surface area contributed by atoms with Crippen molar-refractivity contribution in [2.45, 2.75) is 32.2 Å². The lowest BCUT2D eigenvalue weighted by Crippen LogP contribution is -2.29. The summed E-state index contributed by atoms with van der Waals surface area (Å²) in [5.74, 6) is -0.0676. The summed E-state index contributed by atoms with van der Waals surface area (Å²) in [5, 5.41) is 5.64. The van der Waals surface area contributed by atoms with Crippen molar-refractivity contribution in [3.63, 3.8) is 0 Å². The highest BCUT2D eigenvalue weighted by molar-refractivity contribution is 5.97. The minimum absolute atomic E-state index is 0.0293. The van der Waals surface area contributed by atoms with Crippen molar-refractivity contribution in [2.24, 2.45) is 5.73 Å². The van der Waals surface area contributed by atoms with E-state index in [0.717, 1.165) is 17.7 Å². The van der Waals surface area contributed by atoms with E-state index >= 15 is 0 Å². The van der Waals surface area contributed by atoms with Crippen molar-refractivity contribution in [3.8, 4) is 0 Å². The number of carbonyl (C=O) groups is 2. The van der Waals surface area contributed by atoms with Gasteiger partial charge in [-0.2, -0.15) is 0 Å². The molecular formula is C14H19N3O2. The Balaban J connectivity index is 2.01. The van der Waals surface area contributed by atoms with Gasteiger partial charge >= 0.3 is 0 Å². The molecule has 2 rings (SSSR count). The second-order valence-electron chi connectivity index (χ2n) is 4.94. The fourth-order valence-electron chi connectivity index (χ4n) is 2.04. The number of hydrogen-bond donors (Lipinski definition) is 3. The van der Waals surface area contributed by atoms with E-state index in [-0.39, 0.29) is 17.9 Å². The van der Waals surface area contributed by atoms with E-state index in [4.69, 9.17) is 5.73 Å². The number of nitrogens with two attached hydrogens (primary N) is 1. The number of anilines is 1. The van der Waals surface area contributed by atoms with E-state index in [1.807, 2.05) is 13.0 Å². The molecule has 0 aliphatic carbocycles. The van der Waals surface area contributed by atoms with Crippen LogP contribution in [0.15, 0.2) is 18.2 Å². The maximum atomic E-state index is 11.9. The van der Waals surface area contributed by atoms with Crippen LogP contribution in [0, 0.1) is 0 Å². The molecule has 1 aromatic carbocycles. The van der Waals surface area contributed by atoms with Gasteiger partial charge in [-0.3, -0.25) is 9.59 Å². The molecule has 1 aliphatic rings. The summed E-state index contributed by atoms with van der Waals surface area (Å²) >= 11 is 0. The van der Waals surface area contributed by atoms with Crippen molar-refractivity contribution >= 4 is 17.5 Å². The van der Waals surface area contributed by atoms with Crippen molar-refractivity contribution in [1.29, 1.82) is 0 Å². The lowest BCUT2D eigenvalue weighted by atomic mass is 10.00. The van der Waals surface area contributed by atoms with Gasteiger partial charge in [0.1, 0.15) is 0 Å². The quantitative estimate of drug-likeness (QED) is 0.757. The number of aryl methyl sites for hydroxylation is 1. The molecule has 102 valence electrons. The Morgan fingerprint density at radius 1 is 1.47 bits per heavy atom. The topological polar surface area (TPSA) is 84.2 Å². The molecule has 5 nitrogen and oxygen atoms in total. The Kier molecular flexibility index (Phi) is 4.16. The predicted molar refractivity (Wildman–Crippen MR) is 74.0 cm³/mol. The minimum Gasteiger partial charge on any atom is -0.352 e. The standard InChI is InChI=1S/C14H19N3O2/c1-9(15)6-7-16-14(19)11-2-4-12-10(8-11)3-5-13(18)17-12/h2,4,8-9H,3,5-7,15H2,1H3,(H,16,19)(H,17,18). The third-order valence-electron chi connectivity index (χ3n) is 3.15. The van der Waals surface area contributed by atoms with Crippen LogP contribution in [0.25, 0.3) is 0 Å². The molecule has 0 saturated carbocycles. The summed E-state index contributed by atoms with van der Waals surface area (Å²) in [6.07, 6.45) is 1.91. The highest BCUT2D eigenvalue weighted by atomic mass is 16.2. The average Bonchev–Trinajstić information content (AvgIpc) is 2.37. The maximum Gasteiger partial charge on any atom is 0.251 e. The molecule has 0 radical (unpaired) electrons. The van der Waals surface area contributed by atoms with Crippen molar-refractivity contribution < 1.29 is 9.59 Å². The Hall–Kier alpha value is -1.88. The third-order valence-corrected chi connectivity index (χ3v) is 3.15. The molecule has 4 N–H and O–H groups in total. The molecule has 0 bridgehead atoms. The zero-order valence-corrected chi connectivity index (χ0v) is 11.0. The highest BCUT2D eigenvalue weighted by Gasteiger charge is 2.16. The second-order valence-corrected chi connectivity index (χ2v) is 4.94. The minimum atomic E-state index is -0.0969. The first-order valence-corrected chi connectivity index (χ1v) is 6.53. The van der Waals surface area contributed by atoms with Gasteiger partial charge in [0.25, 0.3) is 5.91 Å². The van der Waals surface area contributed by atoms with Crippen LogP contribution in [0.3, 0.4) is 0 Å². The van der Waals surface area contributed by atoms with Crippen LogP contribution < -0.4 is 16.4 Å². The molecule has 1 heterocycles. The molecule has 0 saturated heterocycles. The summed E-state index contributed by atoms with van der Waals surface area (Å²) in [5.41, 5.74) is 8.08. The first kappa shape index (κ1) is 13.5. The summed E-state index contributed by atoms with van der Waals surface area (Å²) in [4.78, 5) is 23.2. The number of carbonyl (C=O) groups excluding carboxylic acids is 2. The zero-order valence-electron chi connectivity index (χ0n) is 11.0. The summed E-state index contributed by atoms with van der Waals surface area (Å²) < 4.78 is 0. The number of fused-ring (bicyclic) bond motifs is 1. The van der Waals surface area contributed by atoms with E-state index < -0.39 is 0 Å². The normalized spacial score (nSPS) is 15.4. The number of benzene rings is 1. The van der Waals surface area contributed by atoms with E-state index in [9.17, 15) is 9.59 Å². The second kappa shape index (κ2) is 5.84. The Morgan fingerprint density at radius 2 is 2.26 bits per heavy atom. The van der Waals surface area contributed by atoms with Crippen LogP contribution in [-0.2, 0) is 11.2 Å². The fraction of sp³-hybridized carbons (Fsp3) is 0.429. The summed E-state index contributed by atoms with van der Waals surface area (Å²) in [6.45, 7) is 2.48. The van der Waals surface area contributed by atoms with Gasteiger partial charge in [-0.1, -0.05) is 0 Å². The fourth-order valence-corrected chi connectivity index (χ4v) is 2.04. The molecule has 19 heavy (non-hydrogen) atoms. The van der Waals surface area contributed by atoms with Gasteiger partial charge in [0.15, 0.2) is 0 Å². The van der Waals surface area contributed by atoms with Gasteiger partial charge in [-0.15, -0.1) is 0 Å². The van der Waals surface area contributed by atoms with E-state index in [1.54, 1.807) is 12.1 Å². The van der Waals surface area contributed by atoms with Crippen LogP contribution >= 0.6 is 0 Å². The van der Waals surface area contributed by atoms with E-state index in [2.05, 4.69) is 10.6 Å². The van der Waals surface area contributed by atoms with Gasteiger partial charge < -0.3 is 16.4 Å². The van der Waals surface area contributed by atoms with E-state index in [1.165, 1.54) is 0 Å². The molecule has 1 atom stereocenters. The van der Waals surface area contributed by atoms with Crippen LogP contribution in [0.2, 0.25) is 0 Å². The number of amides is 2. The predicted octanol–water partition coefficient (Wildman–Crippen LogP) is 1.04. The first-order chi connectivity index (χ1) is 9.06. The van der Waals surface area contributed by atoms with Gasteiger partial charge in [-0.05, 0) is 43.5 Å². The third kappa shape index (κ3) is 3.54. The molecule has 5 heteroatoms. The Morgan fingerprint density at radius 3 is 3.00 bits per heavy atom. The SMILES string of the molecule is CC(N)CCNC(=O)c1ccc2c(c1)CCC(=O)N2. The van der Waals surface area contributed by atoms with Crippen molar-refractivity contribution in [2.75, 3.05) is 11.9 Å². The summed E-state index contributed by atoms with van der Waals surface area (Å²) in [6, 6.07) is 5.44. The largest absolute Gasteiger partial charge is 0.352 e. The molecule has 0 fully saturated rings. The van der Waals surface area contributed by atoms with Crippen molar-refractivity contribution in [3.05, 3.63) is 29.3 Å². The molecular weight excluding hydrogens is 242 g/mol. The van der Waals surface area contributed by atoms with Gasteiger partial charge in [0, 0.05) is 30.3 Å². The van der Waals surface area contributed by atoms with Crippen LogP contribution in [0.5, 0.6) is 0 Å². The first-order valence-electron chi connectivity index (χ1n) is 6.53. The Labute approximate surface area is 112 Å². The van der Waals surface area contributed by atoms with Crippen LogP contribution in [-0.4, -0.2) is 24.4 Å². The van der Waals surface area contributed by atoms with Crippen LogP contribution in [0.1, 0.15) is 35.7 Å². The molecule has 1 unspecified atom stereocenters. The monoisotopic (exact) mass is 261 g/mol. The number of hydrogen-bond acceptors (Lipinski definition) is 3. The average molecular weight is 261 g/mol. The smallest absolute Gasteiger partial charge is 0.251 e. The van der Waals surface area contributed by atoms with E-state index in [0.29, 0.717) is 24.9 Å². The molecule has 2 amide bonds. The molecule has 1 aromatic rings. The lowest BCUT2D eigenvalue weighted by Gasteiger charge is -2.17.